The van der Waals surface area contributed by atoms with Gasteiger partial charge < -0.3 is 15.1 Å². The van der Waals surface area contributed by atoms with E-state index in [-0.39, 0.29) is 17.5 Å². The molecule has 1 aliphatic carbocycles. The average molecular weight is 369 g/mol. The zero-order valence-corrected chi connectivity index (χ0v) is 17.1. The molecule has 1 aliphatic rings. The highest BCUT2D eigenvalue weighted by Gasteiger charge is 2.24. The summed E-state index contributed by atoms with van der Waals surface area (Å²) in [6.45, 7) is 8.24. The number of aryl methyl sites for hydroxylation is 1. The fraction of sp³-hybridized carbons (Fsp3) is 0.545. The van der Waals surface area contributed by atoms with Gasteiger partial charge in [-0.1, -0.05) is 19.3 Å². The summed E-state index contributed by atoms with van der Waals surface area (Å²) in [5, 5.41) is 12.6. The summed E-state index contributed by atoms with van der Waals surface area (Å²) in [4.78, 5) is 16.7. The summed E-state index contributed by atoms with van der Waals surface area (Å²) in [6.07, 6.45) is 7.15. The molecule has 27 heavy (non-hydrogen) atoms. The average Bonchev–Trinajstić information content (AvgIpc) is 2.70. The van der Waals surface area contributed by atoms with E-state index in [1.165, 1.54) is 12.1 Å². The van der Waals surface area contributed by atoms with Gasteiger partial charge in [0.05, 0.1) is 0 Å². The van der Waals surface area contributed by atoms with E-state index in [1.54, 1.807) is 11.1 Å². The molecule has 146 valence electrons. The van der Waals surface area contributed by atoms with Crippen LogP contribution in [0.25, 0.3) is 0 Å². The Balaban J connectivity index is 2.10. The Labute approximate surface area is 163 Å². The number of nitriles is 1. The van der Waals surface area contributed by atoms with Crippen LogP contribution >= 0.6 is 0 Å². The van der Waals surface area contributed by atoms with Gasteiger partial charge in [-0.15, -0.1) is 0 Å². The van der Waals surface area contributed by atoms with E-state index in [0.717, 1.165) is 50.0 Å². The Morgan fingerprint density at radius 1 is 1.26 bits per heavy atom. The predicted molar refractivity (Wildman–Crippen MR) is 112 cm³/mol. The van der Waals surface area contributed by atoms with Crippen LogP contribution in [0.3, 0.4) is 0 Å². The van der Waals surface area contributed by atoms with Crippen molar-refractivity contribution in [1.82, 2.24) is 4.90 Å². The molecule has 0 saturated heterocycles. The lowest BCUT2D eigenvalue weighted by atomic mass is 9.94. The maximum Gasteiger partial charge on any atom is 0.266 e. The molecular weight excluding hydrogens is 336 g/mol. The van der Waals surface area contributed by atoms with Gasteiger partial charge in [0.15, 0.2) is 0 Å². The third kappa shape index (κ3) is 5.26. The molecule has 1 fully saturated rings. The van der Waals surface area contributed by atoms with Crippen molar-refractivity contribution in [3.05, 3.63) is 35.5 Å². The third-order valence-electron chi connectivity index (χ3n) is 5.50. The van der Waals surface area contributed by atoms with Gasteiger partial charge in [0.25, 0.3) is 5.91 Å². The van der Waals surface area contributed by atoms with Crippen LogP contribution in [0.2, 0.25) is 0 Å². The van der Waals surface area contributed by atoms with Crippen molar-refractivity contribution in [2.75, 3.05) is 30.4 Å². The van der Waals surface area contributed by atoms with Gasteiger partial charge in [-0.2, -0.15) is 5.26 Å². The molecule has 0 aromatic heterocycles. The van der Waals surface area contributed by atoms with E-state index in [4.69, 9.17) is 0 Å². The summed E-state index contributed by atoms with van der Waals surface area (Å²) in [7, 11) is 1.81. The highest BCUT2D eigenvalue weighted by atomic mass is 16.2. The van der Waals surface area contributed by atoms with E-state index in [1.807, 2.05) is 20.0 Å². The minimum absolute atomic E-state index is 0.148. The lowest BCUT2D eigenvalue weighted by Gasteiger charge is -2.31. The fourth-order valence-electron chi connectivity index (χ4n) is 3.71. The molecule has 1 amide bonds. The first kappa shape index (κ1) is 20.8. The minimum atomic E-state index is -0.200. The van der Waals surface area contributed by atoms with Gasteiger partial charge in [-0.3, -0.25) is 4.79 Å². The number of nitrogens with zero attached hydrogens (tertiary/aromatic N) is 3. The maximum atomic E-state index is 12.7. The normalized spacial score (nSPS) is 15.1. The smallest absolute Gasteiger partial charge is 0.266 e. The van der Waals surface area contributed by atoms with E-state index < -0.39 is 0 Å². The number of likely N-dealkylation sites (N-methyl/N-ethyl adjacent to an activating group) is 1. The number of carbonyl (C=O) groups is 1. The molecule has 0 heterocycles. The molecule has 1 aromatic carbocycles. The summed E-state index contributed by atoms with van der Waals surface area (Å²) in [5.41, 5.74) is 3.32. The molecule has 1 aromatic rings. The Kier molecular flexibility index (Phi) is 7.72. The number of anilines is 2. The van der Waals surface area contributed by atoms with Gasteiger partial charge >= 0.3 is 0 Å². The van der Waals surface area contributed by atoms with Crippen molar-refractivity contribution in [3.63, 3.8) is 0 Å². The van der Waals surface area contributed by atoms with Crippen molar-refractivity contribution in [3.8, 4) is 6.07 Å². The van der Waals surface area contributed by atoms with Gasteiger partial charge in [-0.25, -0.2) is 0 Å². The minimum Gasteiger partial charge on any atom is -0.372 e. The molecule has 0 bridgehead atoms. The largest absolute Gasteiger partial charge is 0.372 e. The van der Waals surface area contributed by atoms with Gasteiger partial charge in [0.1, 0.15) is 11.6 Å². The number of nitrogens with one attached hydrogen (secondary N) is 1. The molecule has 1 saturated carbocycles. The standard InChI is InChI=1S/C22H32N4O/c1-5-26(6-2)20-12-13-21(17(3)14-20)24-16-18(15-23)22(27)25(4)19-10-8-7-9-11-19/h12-14,16,19,24H,5-11H2,1-4H3/b18-16-. The van der Waals surface area contributed by atoms with E-state index in [2.05, 4.69) is 42.3 Å². The number of hydrogen-bond acceptors (Lipinski definition) is 4. The first-order valence-corrected chi connectivity index (χ1v) is 10.0. The zero-order valence-electron chi connectivity index (χ0n) is 17.1. The monoisotopic (exact) mass is 368 g/mol. The Morgan fingerprint density at radius 2 is 1.93 bits per heavy atom. The quantitative estimate of drug-likeness (QED) is 0.570. The van der Waals surface area contributed by atoms with Crippen molar-refractivity contribution in [1.29, 1.82) is 5.26 Å². The van der Waals surface area contributed by atoms with Crippen molar-refractivity contribution in [2.45, 2.75) is 58.9 Å². The first-order valence-electron chi connectivity index (χ1n) is 10.0. The molecule has 5 nitrogen and oxygen atoms in total. The molecule has 0 aliphatic heterocycles. The summed E-state index contributed by atoms with van der Waals surface area (Å²) in [6, 6.07) is 8.51. The van der Waals surface area contributed by atoms with Crippen LogP contribution in [0.4, 0.5) is 11.4 Å². The molecule has 1 N–H and O–H groups in total. The van der Waals surface area contributed by atoms with Crippen LogP contribution in [0.15, 0.2) is 30.0 Å². The van der Waals surface area contributed by atoms with Crippen molar-refractivity contribution < 1.29 is 4.79 Å². The summed E-state index contributed by atoms with van der Waals surface area (Å²) < 4.78 is 0. The van der Waals surface area contributed by atoms with Crippen LogP contribution in [0.1, 0.15) is 51.5 Å². The van der Waals surface area contributed by atoms with E-state index in [9.17, 15) is 10.1 Å². The second-order valence-electron chi connectivity index (χ2n) is 7.19. The SMILES string of the molecule is CCN(CC)c1ccc(N/C=C(/C#N)C(=O)N(C)C2CCCCC2)c(C)c1. The molecule has 0 atom stereocenters. The van der Waals surface area contributed by atoms with Crippen LogP contribution in [0.5, 0.6) is 0 Å². The highest BCUT2D eigenvalue weighted by Crippen LogP contribution is 2.24. The fourth-order valence-corrected chi connectivity index (χ4v) is 3.71. The molecule has 2 rings (SSSR count). The molecule has 0 spiro atoms. The van der Waals surface area contributed by atoms with Crippen LogP contribution in [-0.2, 0) is 4.79 Å². The number of benzene rings is 1. The number of amides is 1. The van der Waals surface area contributed by atoms with Crippen molar-refractivity contribution in [2.24, 2.45) is 0 Å². The van der Waals surface area contributed by atoms with Crippen LogP contribution in [-0.4, -0.2) is 37.0 Å². The Bertz CT molecular complexity index is 710. The maximum absolute atomic E-state index is 12.7. The number of carbonyl (C=O) groups excluding carboxylic acids is 1. The third-order valence-corrected chi connectivity index (χ3v) is 5.50. The lowest BCUT2D eigenvalue weighted by molar-refractivity contribution is -0.128. The molecular formula is C22H32N4O. The summed E-state index contributed by atoms with van der Waals surface area (Å²) in [5.74, 6) is -0.200. The number of hydrogen-bond donors (Lipinski definition) is 1. The zero-order chi connectivity index (χ0) is 19.8. The molecule has 0 radical (unpaired) electrons. The number of rotatable bonds is 7. The Hall–Kier alpha value is -2.48. The van der Waals surface area contributed by atoms with Crippen LogP contribution in [0, 0.1) is 18.3 Å². The predicted octanol–water partition coefficient (Wildman–Crippen LogP) is 4.45. The van der Waals surface area contributed by atoms with Gasteiger partial charge in [0, 0.05) is 43.8 Å². The molecule has 0 unspecified atom stereocenters. The highest BCUT2D eigenvalue weighted by molar-refractivity contribution is 5.97. The van der Waals surface area contributed by atoms with Gasteiger partial charge in [0.2, 0.25) is 0 Å². The van der Waals surface area contributed by atoms with E-state index >= 15 is 0 Å². The molecule has 5 heteroatoms. The lowest BCUT2D eigenvalue weighted by Crippen LogP contribution is -2.39. The van der Waals surface area contributed by atoms with Crippen molar-refractivity contribution >= 4 is 17.3 Å². The second kappa shape index (κ2) is 10.0. The Morgan fingerprint density at radius 3 is 2.48 bits per heavy atom. The topological polar surface area (TPSA) is 59.4 Å². The van der Waals surface area contributed by atoms with E-state index in [0.29, 0.717) is 0 Å². The van der Waals surface area contributed by atoms with Gasteiger partial charge in [-0.05, 0) is 57.4 Å². The second-order valence-corrected chi connectivity index (χ2v) is 7.19. The first-order chi connectivity index (χ1) is 13.0. The van der Waals surface area contributed by atoms with Crippen LogP contribution < -0.4 is 10.2 Å². The summed E-state index contributed by atoms with van der Waals surface area (Å²) >= 11 is 0.